The Morgan fingerprint density at radius 1 is 1.00 bits per heavy atom. The van der Waals surface area contributed by atoms with Crippen LogP contribution in [0.1, 0.15) is 38.5 Å². The zero-order valence-electron chi connectivity index (χ0n) is 12.0. The minimum Gasteiger partial charge on any atom is -0.481 e. The van der Waals surface area contributed by atoms with Gasteiger partial charge in [-0.05, 0) is 49.9 Å². The van der Waals surface area contributed by atoms with Crippen molar-refractivity contribution in [1.29, 1.82) is 0 Å². The van der Waals surface area contributed by atoms with Crippen LogP contribution in [0.15, 0.2) is 0 Å². The summed E-state index contributed by atoms with van der Waals surface area (Å²) in [7, 11) is 0. The van der Waals surface area contributed by atoms with Crippen LogP contribution in [0.2, 0.25) is 0 Å². The van der Waals surface area contributed by atoms with Gasteiger partial charge in [0.15, 0.2) is 0 Å². The van der Waals surface area contributed by atoms with Crippen LogP contribution in [0.3, 0.4) is 0 Å². The van der Waals surface area contributed by atoms with E-state index in [1.54, 1.807) is 0 Å². The molecule has 2 aliphatic carbocycles. The molecule has 1 heterocycles. The lowest BCUT2D eigenvalue weighted by Gasteiger charge is -2.28. The van der Waals surface area contributed by atoms with Gasteiger partial charge in [0.1, 0.15) is 0 Å². The molecule has 0 bridgehead atoms. The summed E-state index contributed by atoms with van der Waals surface area (Å²) < 4.78 is 0. The molecule has 3 fully saturated rings. The quantitative estimate of drug-likeness (QED) is 0.809. The van der Waals surface area contributed by atoms with Crippen LogP contribution in [0.5, 0.6) is 0 Å². The Bertz CT molecular complexity index is 377. The molecule has 0 aromatic carbocycles. The highest BCUT2D eigenvalue weighted by atomic mass is 16.4. The van der Waals surface area contributed by atoms with Gasteiger partial charge in [-0.2, -0.15) is 0 Å². The minimum absolute atomic E-state index is 0.139. The van der Waals surface area contributed by atoms with Gasteiger partial charge in [0.05, 0.1) is 0 Å². The Morgan fingerprint density at radius 2 is 1.60 bits per heavy atom. The number of rotatable bonds is 6. The zero-order chi connectivity index (χ0) is 14.1. The number of carboxylic acid groups (broad SMARTS) is 1. The van der Waals surface area contributed by atoms with Crippen LogP contribution >= 0.6 is 0 Å². The average Bonchev–Trinajstić information content (AvgIpc) is 3.30. The lowest BCUT2D eigenvalue weighted by Crippen LogP contribution is -2.44. The Kier molecular flexibility index (Phi) is 3.85. The first-order valence-electron chi connectivity index (χ1n) is 7.87. The van der Waals surface area contributed by atoms with E-state index >= 15 is 0 Å². The minimum atomic E-state index is -0.753. The van der Waals surface area contributed by atoms with Gasteiger partial charge in [0, 0.05) is 32.6 Å². The van der Waals surface area contributed by atoms with E-state index in [9.17, 15) is 9.59 Å². The van der Waals surface area contributed by atoms with Gasteiger partial charge in [0.25, 0.3) is 0 Å². The molecule has 1 aliphatic heterocycles. The molecular formula is C15H24N2O3. The highest BCUT2D eigenvalue weighted by molar-refractivity contribution is 5.75. The average molecular weight is 280 g/mol. The summed E-state index contributed by atoms with van der Waals surface area (Å²) >= 11 is 0. The lowest BCUT2D eigenvalue weighted by atomic mass is 10.1. The van der Waals surface area contributed by atoms with Gasteiger partial charge in [-0.1, -0.05) is 0 Å². The normalized spacial score (nSPS) is 25.8. The van der Waals surface area contributed by atoms with E-state index in [0.717, 1.165) is 37.9 Å². The van der Waals surface area contributed by atoms with Crippen LogP contribution in [0.4, 0.5) is 4.79 Å². The highest BCUT2D eigenvalue weighted by Gasteiger charge is 2.35. The summed E-state index contributed by atoms with van der Waals surface area (Å²) in [5.41, 5.74) is 0. The molecule has 5 nitrogen and oxygen atoms in total. The summed E-state index contributed by atoms with van der Waals surface area (Å²) in [4.78, 5) is 27.3. The number of likely N-dealkylation sites (tertiary alicyclic amines) is 1. The van der Waals surface area contributed by atoms with E-state index < -0.39 is 5.97 Å². The molecule has 112 valence electrons. The molecule has 0 aromatic heterocycles. The SMILES string of the molecule is O=C(O)CC1CCN(C(=O)N(CC2CC2)CC2CC2)C1. The van der Waals surface area contributed by atoms with E-state index in [2.05, 4.69) is 0 Å². The Labute approximate surface area is 119 Å². The number of carbonyl (C=O) groups is 2. The third-order valence-corrected chi connectivity index (χ3v) is 4.64. The molecule has 0 aromatic rings. The van der Waals surface area contributed by atoms with Gasteiger partial charge in [-0.3, -0.25) is 4.79 Å². The maximum atomic E-state index is 12.6. The number of carbonyl (C=O) groups excluding carboxylic acids is 1. The number of hydrogen-bond donors (Lipinski definition) is 1. The van der Waals surface area contributed by atoms with E-state index in [0.29, 0.717) is 6.54 Å². The van der Waals surface area contributed by atoms with Crippen LogP contribution in [0.25, 0.3) is 0 Å². The Balaban J connectivity index is 1.53. The van der Waals surface area contributed by atoms with Crippen LogP contribution < -0.4 is 0 Å². The van der Waals surface area contributed by atoms with Crippen LogP contribution in [-0.4, -0.2) is 53.1 Å². The molecule has 1 unspecified atom stereocenters. The number of hydrogen-bond acceptors (Lipinski definition) is 2. The summed E-state index contributed by atoms with van der Waals surface area (Å²) in [6.07, 6.45) is 6.06. The first-order chi connectivity index (χ1) is 9.61. The first-order valence-corrected chi connectivity index (χ1v) is 7.87. The van der Waals surface area contributed by atoms with Crippen molar-refractivity contribution < 1.29 is 14.7 Å². The standard InChI is InChI=1S/C15H24N2O3/c18-14(19)7-13-5-6-16(10-13)15(20)17(8-11-1-2-11)9-12-3-4-12/h11-13H,1-10H2,(H,18,19). The molecule has 0 spiro atoms. The van der Waals surface area contributed by atoms with Crippen molar-refractivity contribution in [2.75, 3.05) is 26.2 Å². The van der Waals surface area contributed by atoms with Crippen molar-refractivity contribution in [3.05, 3.63) is 0 Å². The largest absolute Gasteiger partial charge is 0.481 e. The fraction of sp³-hybridized carbons (Fsp3) is 0.867. The van der Waals surface area contributed by atoms with Crippen molar-refractivity contribution in [2.24, 2.45) is 17.8 Å². The molecule has 3 rings (SSSR count). The van der Waals surface area contributed by atoms with Crippen molar-refractivity contribution in [2.45, 2.75) is 38.5 Å². The van der Waals surface area contributed by atoms with Crippen molar-refractivity contribution in [3.63, 3.8) is 0 Å². The van der Waals surface area contributed by atoms with E-state index in [4.69, 9.17) is 5.11 Å². The molecule has 5 heteroatoms. The Hall–Kier alpha value is -1.26. The predicted molar refractivity (Wildman–Crippen MR) is 74.3 cm³/mol. The molecule has 2 amide bonds. The van der Waals surface area contributed by atoms with Crippen LogP contribution in [-0.2, 0) is 4.79 Å². The molecule has 3 aliphatic rings. The number of carboxylic acids is 1. The zero-order valence-corrected chi connectivity index (χ0v) is 12.0. The number of aliphatic carboxylic acids is 1. The fourth-order valence-electron chi connectivity index (χ4n) is 3.07. The number of amides is 2. The summed E-state index contributed by atoms with van der Waals surface area (Å²) in [5, 5.41) is 8.85. The maximum Gasteiger partial charge on any atom is 0.320 e. The second kappa shape index (κ2) is 5.62. The third kappa shape index (κ3) is 3.64. The predicted octanol–water partition coefficient (Wildman–Crippen LogP) is 2.03. The summed E-state index contributed by atoms with van der Waals surface area (Å²) in [5.74, 6) is 0.822. The third-order valence-electron chi connectivity index (χ3n) is 4.64. The second-order valence-corrected chi connectivity index (χ2v) is 6.77. The maximum absolute atomic E-state index is 12.6. The molecule has 1 saturated heterocycles. The van der Waals surface area contributed by atoms with Crippen molar-refractivity contribution in [1.82, 2.24) is 9.80 Å². The van der Waals surface area contributed by atoms with Gasteiger partial charge in [-0.25, -0.2) is 4.79 Å². The van der Waals surface area contributed by atoms with Crippen molar-refractivity contribution in [3.8, 4) is 0 Å². The molecule has 20 heavy (non-hydrogen) atoms. The van der Waals surface area contributed by atoms with Gasteiger partial charge in [0.2, 0.25) is 0 Å². The number of urea groups is 1. The molecular weight excluding hydrogens is 256 g/mol. The molecule has 1 N–H and O–H groups in total. The van der Waals surface area contributed by atoms with Crippen LogP contribution in [0, 0.1) is 17.8 Å². The smallest absolute Gasteiger partial charge is 0.320 e. The summed E-state index contributed by atoms with van der Waals surface area (Å²) in [6, 6.07) is 0.150. The first kappa shape index (κ1) is 13.7. The topological polar surface area (TPSA) is 60.9 Å². The number of nitrogens with zero attached hydrogens (tertiary/aromatic N) is 2. The molecule has 2 saturated carbocycles. The van der Waals surface area contributed by atoms with Gasteiger partial charge < -0.3 is 14.9 Å². The van der Waals surface area contributed by atoms with E-state index in [-0.39, 0.29) is 18.4 Å². The summed E-state index contributed by atoms with van der Waals surface area (Å²) in [6.45, 7) is 3.17. The lowest BCUT2D eigenvalue weighted by molar-refractivity contribution is -0.138. The fourth-order valence-corrected chi connectivity index (χ4v) is 3.07. The van der Waals surface area contributed by atoms with Gasteiger partial charge in [-0.15, -0.1) is 0 Å². The molecule has 0 radical (unpaired) electrons. The monoisotopic (exact) mass is 280 g/mol. The second-order valence-electron chi connectivity index (χ2n) is 6.77. The van der Waals surface area contributed by atoms with E-state index in [1.165, 1.54) is 25.7 Å². The van der Waals surface area contributed by atoms with Gasteiger partial charge >= 0.3 is 12.0 Å². The Morgan fingerprint density at radius 3 is 2.10 bits per heavy atom. The highest BCUT2D eigenvalue weighted by Crippen LogP contribution is 2.34. The van der Waals surface area contributed by atoms with Crippen molar-refractivity contribution >= 4 is 12.0 Å². The molecule has 1 atom stereocenters. The van der Waals surface area contributed by atoms with E-state index in [1.807, 2.05) is 9.80 Å².